The van der Waals surface area contributed by atoms with Gasteiger partial charge in [-0.05, 0) is 24.6 Å². The van der Waals surface area contributed by atoms with E-state index in [1.807, 2.05) is 30.3 Å². The van der Waals surface area contributed by atoms with Gasteiger partial charge in [0.25, 0.3) is 0 Å². The second-order valence-corrected chi connectivity index (χ2v) is 5.38. The molecule has 4 heteroatoms. The zero-order chi connectivity index (χ0) is 14.1. The predicted octanol–water partition coefficient (Wildman–Crippen LogP) is 3.45. The van der Waals surface area contributed by atoms with Crippen molar-refractivity contribution in [1.29, 1.82) is 0 Å². The summed E-state index contributed by atoms with van der Waals surface area (Å²) in [5, 5.41) is 4.10. The van der Waals surface area contributed by atoms with E-state index in [4.69, 9.17) is 22.1 Å². The second kappa shape index (κ2) is 5.35. The third kappa shape index (κ3) is 2.23. The van der Waals surface area contributed by atoms with Crippen molar-refractivity contribution in [2.24, 2.45) is 5.73 Å². The molecule has 1 aliphatic rings. The van der Waals surface area contributed by atoms with Gasteiger partial charge in [-0.15, -0.1) is 0 Å². The van der Waals surface area contributed by atoms with Gasteiger partial charge >= 0.3 is 0 Å². The smallest absolute Gasteiger partial charge is 0.150 e. The SMILES string of the molecule is Cc1cccc(Cl)c1-c1cccc2c1O[C@H](CN)CN2. The average molecular weight is 289 g/mol. The van der Waals surface area contributed by atoms with Crippen molar-refractivity contribution >= 4 is 17.3 Å². The van der Waals surface area contributed by atoms with Crippen LogP contribution in [0.4, 0.5) is 5.69 Å². The topological polar surface area (TPSA) is 47.3 Å². The van der Waals surface area contributed by atoms with E-state index < -0.39 is 0 Å². The van der Waals surface area contributed by atoms with Crippen molar-refractivity contribution in [1.82, 2.24) is 0 Å². The van der Waals surface area contributed by atoms with E-state index in [0.29, 0.717) is 6.54 Å². The number of rotatable bonds is 2. The maximum absolute atomic E-state index is 6.38. The summed E-state index contributed by atoms with van der Waals surface area (Å²) in [6, 6.07) is 12.0. The molecule has 3 N–H and O–H groups in total. The number of nitrogens with two attached hydrogens (primary N) is 1. The number of nitrogens with one attached hydrogen (secondary N) is 1. The molecule has 0 aromatic heterocycles. The summed E-state index contributed by atoms with van der Waals surface area (Å²) in [5.74, 6) is 0.838. The molecule has 1 aliphatic heterocycles. The number of ether oxygens (including phenoxy) is 1. The van der Waals surface area contributed by atoms with Crippen molar-refractivity contribution in [3.05, 3.63) is 47.0 Å². The Morgan fingerprint density at radius 2 is 2.10 bits per heavy atom. The van der Waals surface area contributed by atoms with Crippen molar-refractivity contribution < 1.29 is 4.74 Å². The standard InChI is InChI=1S/C16H17ClN2O/c1-10-4-2-6-13(17)15(10)12-5-3-7-14-16(12)20-11(8-18)9-19-14/h2-7,11,19H,8-9,18H2,1H3/t11-/m1/s1. The third-order valence-corrected chi connectivity index (χ3v) is 3.89. The van der Waals surface area contributed by atoms with E-state index in [1.54, 1.807) is 0 Å². The van der Waals surface area contributed by atoms with E-state index >= 15 is 0 Å². The number of fused-ring (bicyclic) bond motifs is 1. The molecule has 2 aromatic carbocycles. The largest absolute Gasteiger partial charge is 0.484 e. The maximum atomic E-state index is 6.38. The molecule has 3 rings (SSSR count). The van der Waals surface area contributed by atoms with Gasteiger partial charge in [-0.25, -0.2) is 0 Å². The Morgan fingerprint density at radius 1 is 1.30 bits per heavy atom. The monoisotopic (exact) mass is 288 g/mol. The third-order valence-electron chi connectivity index (χ3n) is 3.57. The van der Waals surface area contributed by atoms with Crippen molar-refractivity contribution in [3.63, 3.8) is 0 Å². The molecule has 0 radical (unpaired) electrons. The predicted molar refractivity (Wildman–Crippen MR) is 83.6 cm³/mol. The van der Waals surface area contributed by atoms with Crippen LogP contribution in [0, 0.1) is 6.92 Å². The summed E-state index contributed by atoms with van der Waals surface area (Å²) in [5.41, 5.74) is 9.87. The fourth-order valence-corrected chi connectivity index (χ4v) is 2.86. The normalized spacial score (nSPS) is 17.1. The number of aryl methyl sites for hydroxylation is 1. The Kier molecular flexibility index (Phi) is 3.55. The van der Waals surface area contributed by atoms with Crippen molar-refractivity contribution in [2.75, 3.05) is 18.4 Å². The molecule has 0 saturated heterocycles. The number of hydrogen-bond donors (Lipinski definition) is 2. The van der Waals surface area contributed by atoms with E-state index in [9.17, 15) is 0 Å². The van der Waals surface area contributed by atoms with Crippen LogP contribution in [0.1, 0.15) is 5.56 Å². The van der Waals surface area contributed by atoms with E-state index in [2.05, 4.69) is 18.3 Å². The van der Waals surface area contributed by atoms with Gasteiger partial charge < -0.3 is 15.8 Å². The van der Waals surface area contributed by atoms with Gasteiger partial charge in [-0.3, -0.25) is 0 Å². The number of para-hydroxylation sites is 1. The molecule has 2 aromatic rings. The average Bonchev–Trinajstić information content (AvgIpc) is 2.47. The number of anilines is 1. The fraction of sp³-hybridized carbons (Fsp3) is 0.250. The molecule has 0 aliphatic carbocycles. The molecule has 0 spiro atoms. The maximum Gasteiger partial charge on any atom is 0.150 e. The molecule has 0 saturated carbocycles. The number of halogens is 1. The first-order chi connectivity index (χ1) is 9.70. The Hall–Kier alpha value is -1.71. The summed E-state index contributed by atoms with van der Waals surface area (Å²) < 4.78 is 6.03. The molecule has 1 atom stereocenters. The van der Waals surface area contributed by atoms with Crippen molar-refractivity contribution in [3.8, 4) is 16.9 Å². The zero-order valence-corrected chi connectivity index (χ0v) is 12.1. The van der Waals surface area contributed by atoms with E-state index in [1.165, 1.54) is 0 Å². The van der Waals surface area contributed by atoms with Crippen molar-refractivity contribution in [2.45, 2.75) is 13.0 Å². The van der Waals surface area contributed by atoms with Crippen LogP contribution in [0.5, 0.6) is 5.75 Å². The Morgan fingerprint density at radius 3 is 2.85 bits per heavy atom. The Balaban J connectivity index is 2.16. The van der Waals surface area contributed by atoms with Gasteiger partial charge in [0.15, 0.2) is 5.75 Å². The molecule has 3 nitrogen and oxygen atoms in total. The number of benzene rings is 2. The highest BCUT2D eigenvalue weighted by Gasteiger charge is 2.22. The zero-order valence-electron chi connectivity index (χ0n) is 11.3. The Labute approximate surface area is 123 Å². The molecule has 0 unspecified atom stereocenters. The highest BCUT2D eigenvalue weighted by molar-refractivity contribution is 6.33. The van der Waals surface area contributed by atoms with E-state index in [-0.39, 0.29) is 6.10 Å². The summed E-state index contributed by atoms with van der Waals surface area (Å²) in [7, 11) is 0. The lowest BCUT2D eigenvalue weighted by Crippen LogP contribution is -2.37. The van der Waals surface area contributed by atoms with Crippen LogP contribution in [0.25, 0.3) is 11.1 Å². The van der Waals surface area contributed by atoms with Gasteiger partial charge in [0.2, 0.25) is 0 Å². The molecule has 0 fully saturated rings. The van der Waals surface area contributed by atoms with Crippen LogP contribution >= 0.6 is 11.6 Å². The van der Waals surface area contributed by atoms with E-state index in [0.717, 1.165) is 39.7 Å². The lowest BCUT2D eigenvalue weighted by molar-refractivity contribution is 0.215. The minimum Gasteiger partial charge on any atom is -0.484 e. The summed E-state index contributed by atoms with van der Waals surface area (Å²) in [4.78, 5) is 0. The van der Waals surface area contributed by atoms with Crippen LogP contribution in [-0.4, -0.2) is 19.2 Å². The first-order valence-electron chi connectivity index (χ1n) is 6.70. The molecule has 1 heterocycles. The number of hydrogen-bond acceptors (Lipinski definition) is 3. The highest BCUT2D eigenvalue weighted by atomic mass is 35.5. The minimum atomic E-state index is -0.00792. The Bertz CT molecular complexity index is 622. The fourth-order valence-electron chi connectivity index (χ4n) is 2.54. The molecule has 104 valence electrons. The quantitative estimate of drug-likeness (QED) is 0.890. The minimum absolute atomic E-state index is 0.00792. The molecular formula is C16H17ClN2O. The first kappa shape index (κ1) is 13.3. The van der Waals surface area contributed by atoms with Crippen LogP contribution in [0.15, 0.2) is 36.4 Å². The van der Waals surface area contributed by atoms with Crippen LogP contribution < -0.4 is 15.8 Å². The molecule has 20 heavy (non-hydrogen) atoms. The molecular weight excluding hydrogens is 272 g/mol. The van der Waals surface area contributed by atoms with Crippen LogP contribution in [0.2, 0.25) is 5.02 Å². The molecule has 0 amide bonds. The van der Waals surface area contributed by atoms with Gasteiger partial charge in [-0.2, -0.15) is 0 Å². The molecule has 0 bridgehead atoms. The summed E-state index contributed by atoms with van der Waals surface area (Å²) in [6.45, 7) is 3.27. The lowest BCUT2D eigenvalue weighted by Gasteiger charge is -2.28. The van der Waals surface area contributed by atoms with Crippen LogP contribution in [0.3, 0.4) is 0 Å². The first-order valence-corrected chi connectivity index (χ1v) is 7.07. The lowest BCUT2D eigenvalue weighted by atomic mass is 9.98. The van der Waals surface area contributed by atoms with Gasteiger partial charge in [-0.1, -0.05) is 35.9 Å². The van der Waals surface area contributed by atoms with Gasteiger partial charge in [0.05, 0.1) is 12.2 Å². The highest BCUT2D eigenvalue weighted by Crippen LogP contribution is 2.42. The second-order valence-electron chi connectivity index (χ2n) is 4.97. The van der Waals surface area contributed by atoms with Gasteiger partial charge in [0, 0.05) is 22.7 Å². The summed E-state index contributed by atoms with van der Waals surface area (Å²) in [6.07, 6.45) is -0.00792. The van der Waals surface area contributed by atoms with Crippen LogP contribution in [-0.2, 0) is 0 Å². The summed E-state index contributed by atoms with van der Waals surface area (Å²) >= 11 is 6.38. The van der Waals surface area contributed by atoms with Gasteiger partial charge in [0.1, 0.15) is 6.10 Å².